The van der Waals surface area contributed by atoms with Crippen molar-refractivity contribution < 1.29 is 27.3 Å². The van der Waals surface area contributed by atoms with Crippen LogP contribution in [0.5, 0.6) is 5.88 Å². The average molecular weight is 510 g/mol. The van der Waals surface area contributed by atoms with Gasteiger partial charge in [0.25, 0.3) is 5.91 Å². The van der Waals surface area contributed by atoms with E-state index in [1.165, 1.54) is 19.5 Å². The summed E-state index contributed by atoms with van der Waals surface area (Å²) in [5.41, 5.74) is -0.0689. The molecule has 2 aromatic heterocycles. The predicted molar refractivity (Wildman–Crippen MR) is 124 cm³/mol. The van der Waals surface area contributed by atoms with Gasteiger partial charge in [-0.15, -0.1) is 11.3 Å². The first-order valence-corrected chi connectivity index (χ1v) is 12.4. The highest BCUT2D eigenvalue weighted by Gasteiger charge is 2.30. The molecule has 180 valence electrons. The monoisotopic (exact) mass is 509 g/mol. The Labute approximate surface area is 200 Å². The van der Waals surface area contributed by atoms with Crippen molar-refractivity contribution in [3.05, 3.63) is 47.2 Å². The maximum atomic E-state index is 14.8. The minimum atomic E-state index is -1.24. The molecule has 1 fully saturated rings. The molecule has 0 spiro atoms. The zero-order valence-electron chi connectivity index (χ0n) is 18.2. The molecule has 2 N–H and O–H groups in total. The molecular formula is C21H21F2N5O4S2. The van der Waals surface area contributed by atoms with Crippen LogP contribution in [-0.2, 0) is 20.5 Å². The molecule has 34 heavy (non-hydrogen) atoms. The molecule has 1 amide bonds. The third-order valence-corrected chi connectivity index (χ3v) is 7.15. The number of benzene rings is 1. The van der Waals surface area contributed by atoms with Crippen LogP contribution in [0.4, 0.5) is 19.6 Å². The van der Waals surface area contributed by atoms with E-state index in [-0.39, 0.29) is 28.1 Å². The van der Waals surface area contributed by atoms with E-state index in [9.17, 15) is 17.8 Å². The number of ether oxygens (including phenoxy) is 2. The molecule has 3 aromatic rings. The molecule has 2 atom stereocenters. The third-order valence-electron chi connectivity index (χ3n) is 4.77. The summed E-state index contributed by atoms with van der Waals surface area (Å²) in [5.74, 6) is -2.59. The lowest BCUT2D eigenvalue weighted by atomic mass is 10.1. The average Bonchev–Trinajstić information content (AvgIpc) is 3.57. The highest BCUT2D eigenvalue weighted by molar-refractivity contribution is 7.87. The lowest BCUT2D eigenvalue weighted by Gasteiger charge is -2.15. The van der Waals surface area contributed by atoms with Gasteiger partial charge in [0.2, 0.25) is 5.88 Å². The van der Waals surface area contributed by atoms with E-state index < -0.39 is 40.3 Å². The first kappa shape index (κ1) is 24.1. The van der Waals surface area contributed by atoms with Gasteiger partial charge in [-0.25, -0.2) is 23.0 Å². The number of halogens is 2. The second-order valence-electron chi connectivity index (χ2n) is 7.27. The molecule has 13 heteroatoms. The number of carbonyl (C=O) groups is 1. The molecule has 9 nitrogen and oxygen atoms in total. The van der Waals surface area contributed by atoms with Crippen LogP contribution in [0.3, 0.4) is 0 Å². The number of thiazole rings is 1. The molecule has 1 aromatic carbocycles. The fraction of sp³-hybridized carbons (Fsp3) is 0.333. The molecule has 0 radical (unpaired) electrons. The molecule has 0 aliphatic heterocycles. The van der Waals surface area contributed by atoms with Gasteiger partial charge in [0.1, 0.15) is 28.3 Å². The normalized spacial score (nSPS) is 14.9. The Hall–Kier alpha value is -3.03. The Kier molecular flexibility index (Phi) is 7.44. The van der Waals surface area contributed by atoms with Crippen molar-refractivity contribution in [2.75, 3.05) is 23.8 Å². The van der Waals surface area contributed by atoms with Crippen LogP contribution in [0.15, 0.2) is 29.9 Å². The fourth-order valence-corrected chi connectivity index (χ4v) is 4.96. The van der Waals surface area contributed by atoms with E-state index in [2.05, 4.69) is 25.0 Å². The van der Waals surface area contributed by atoms with E-state index in [1.54, 1.807) is 12.3 Å². The SMILES string of the molecule is CCOc1cncc(-c2cc(F)c(NC(=O)C(OC)c3csc(NS(=O)C4CC4)n3)c(F)c2)n1. The maximum absolute atomic E-state index is 14.8. The second-order valence-corrected chi connectivity index (χ2v) is 9.60. The fourth-order valence-electron chi connectivity index (χ4n) is 3.00. The van der Waals surface area contributed by atoms with Gasteiger partial charge in [-0.05, 0) is 31.9 Å². The standard InChI is InChI=1S/C21H21F2N5O4S2/c1-3-32-17-9-24-8-15(25-17)11-6-13(22)18(14(23)7-11)27-20(29)19(31-2)16-10-33-21(26-16)28-34(30)12-4-5-12/h6-10,12,19H,3-5H2,1-2H3,(H,26,28)(H,27,29). The van der Waals surface area contributed by atoms with Gasteiger partial charge in [-0.1, -0.05) is 0 Å². The van der Waals surface area contributed by atoms with Gasteiger partial charge < -0.3 is 14.8 Å². The minimum absolute atomic E-state index is 0.107. The van der Waals surface area contributed by atoms with Crippen LogP contribution < -0.4 is 14.8 Å². The quantitative estimate of drug-likeness (QED) is 0.427. The number of hydrogen-bond acceptors (Lipinski definition) is 8. The largest absolute Gasteiger partial charge is 0.477 e. The Bertz CT molecular complexity index is 1200. The number of carbonyl (C=O) groups excluding carboxylic acids is 1. The van der Waals surface area contributed by atoms with Crippen molar-refractivity contribution >= 4 is 39.0 Å². The minimum Gasteiger partial charge on any atom is -0.477 e. The maximum Gasteiger partial charge on any atom is 0.259 e. The molecule has 4 rings (SSSR count). The molecule has 2 heterocycles. The van der Waals surface area contributed by atoms with Gasteiger partial charge in [-0.3, -0.25) is 14.5 Å². The van der Waals surface area contributed by atoms with Crippen LogP contribution in [0.2, 0.25) is 0 Å². The summed E-state index contributed by atoms with van der Waals surface area (Å²) in [5, 5.41) is 4.26. The van der Waals surface area contributed by atoms with Gasteiger partial charge in [-0.2, -0.15) is 0 Å². The summed E-state index contributed by atoms with van der Waals surface area (Å²) < 4.78 is 54.8. The lowest BCUT2D eigenvalue weighted by molar-refractivity contribution is -0.126. The van der Waals surface area contributed by atoms with E-state index in [0.717, 1.165) is 36.3 Å². The Morgan fingerprint density at radius 3 is 2.65 bits per heavy atom. The molecule has 1 saturated carbocycles. The van der Waals surface area contributed by atoms with Gasteiger partial charge in [0.05, 0.1) is 35.6 Å². The summed E-state index contributed by atoms with van der Waals surface area (Å²) in [6.45, 7) is 2.14. The number of methoxy groups -OCH3 is 1. The van der Waals surface area contributed by atoms with Crippen LogP contribution in [0.25, 0.3) is 11.3 Å². The zero-order chi connectivity index (χ0) is 24.2. The zero-order valence-corrected chi connectivity index (χ0v) is 19.8. The van der Waals surface area contributed by atoms with Crippen molar-refractivity contribution in [2.45, 2.75) is 31.1 Å². The molecule has 2 unspecified atom stereocenters. The number of hydrogen-bond donors (Lipinski definition) is 2. The Balaban J connectivity index is 1.50. The first-order valence-electron chi connectivity index (χ1n) is 10.3. The number of amides is 1. The van der Waals surface area contributed by atoms with Gasteiger partial charge in [0, 0.05) is 18.1 Å². The number of rotatable bonds is 10. The van der Waals surface area contributed by atoms with E-state index in [1.807, 2.05) is 0 Å². The van der Waals surface area contributed by atoms with Crippen molar-refractivity contribution in [3.63, 3.8) is 0 Å². The Morgan fingerprint density at radius 1 is 1.26 bits per heavy atom. The Morgan fingerprint density at radius 2 is 2.00 bits per heavy atom. The molecule has 0 bridgehead atoms. The number of aromatic nitrogens is 3. The van der Waals surface area contributed by atoms with Crippen molar-refractivity contribution in [3.8, 4) is 17.1 Å². The first-order chi connectivity index (χ1) is 16.4. The van der Waals surface area contributed by atoms with Crippen molar-refractivity contribution in [1.29, 1.82) is 0 Å². The van der Waals surface area contributed by atoms with E-state index in [4.69, 9.17) is 9.47 Å². The molecule has 0 saturated heterocycles. The molecular weight excluding hydrogens is 488 g/mol. The van der Waals surface area contributed by atoms with Gasteiger partial charge >= 0.3 is 0 Å². The smallest absolute Gasteiger partial charge is 0.259 e. The van der Waals surface area contributed by atoms with Crippen LogP contribution in [0, 0.1) is 11.6 Å². The lowest BCUT2D eigenvalue weighted by Crippen LogP contribution is -2.24. The summed E-state index contributed by atoms with van der Waals surface area (Å²) >= 11 is 1.15. The van der Waals surface area contributed by atoms with E-state index in [0.29, 0.717) is 11.7 Å². The number of anilines is 2. The van der Waals surface area contributed by atoms with Crippen LogP contribution in [-0.4, -0.2) is 44.0 Å². The molecule has 1 aliphatic carbocycles. The summed E-state index contributed by atoms with van der Waals surface area (Å²) in [4.78, 5) is 25.1. The summed E-state index contributed by atoms with van der Waals surface area (Å²) in [7, 11) is 0.0337. The van der Waals surface area contributed by atoms with Crippen molar-refractivity contribution in [1.82, 2.24) is 15.0 Å². The number of nitrogens with one attached hydrogen (secondary N) is 2. The topological polar surface area (TPSA) is 115 Å². The predicted octanol–water partition coefficient (Wildman–Crippen LogP) is 3.84. The highest BCUT2D eigenvalue weighted by Crippen LogP contribution is 2.31. The number of nitrogens with zero attached hydrogens (tertiary/aromatic N) is 3. The van der Waals surface area contributed by atoms with Crippen molar-refractivity contribution in [2.24, 2.45) is 0 Å². The van der Waals surface area contributed by atoms with Gasteiger partial charge in [0.15, 0.2) is 11.2 Å². The highest BCUT2D eigenvalue weighted by atomic mass is 32.2. The van der Waals surface area contributed by atoms with E-state index >= 15 is 0 Å². The summed E-state index contributed by atoms with van der Waals surface area (Å²) in [6, 6.07) is 2.08. The molecule has 1 aliphatic rings. The van der Waals surface area contributed by atoms with Crippen LogP contribution in [0.1, 0.15) is 31.6 Å². The van der Waals surface area contributed by atoms with Crippen LogP contribution >= 0.6 is 11.3 Å². The summed E-state index contributed by atoms with van der Waals surface area (Å²) in [6.07, 6.45) is 3.29. The third kappa shape index (κ3) is 5.54. The second kappa shape index (κ2) is 10.5.